The molecule has 1 atom stereocenters. The van der Waals surface area contributed by atoms with Gasteiger partial charge in [0.15, 0.2) is 5.58 Å². The summed E-state index contributed by atoms with van der Waals surface area (Å²) in [4.78, 5) is 16.3. The second-order valence-electron chi connectivity index (χ2n) is 6.17. The number of nitrogens with zero attached hydrogens (tertiary/aromatic N) is 1. The Hall–Kier alpha value is -2.86. The molecule has 0 saturated carbocycles. The average molecular weight is 340 g/mol. The van der Waals surface area contributed by atoms with E-state index in [1.165, 1.54) is 12.2 Å². The van der Waals surface area contributed by atoms with Gasteiger partial charge in [-0.15, -0.1) is 0 Å². The summed E-state index contributed by atoms with van der Waals surface area (Å²) in [6.07, 6.45) is 2.82. The third-order valence-corrected chi connectivity index (χ3v) is 3.92. The molecule has 0 aliphatic heterocycles. The largest absolute Gasteiger partial charge is 0.466 e. The van der Waals surface area contributed by atoms with E-state index in [-0.39, 0.29) is 12.5 Å². The number of benzene rings is 1. The van der Waals surface area contributed by atoms with E-state index < -0.39 is 5.60 Å². The highest BCUT2D eigenvalue weighted by Gasteiger charge is 2.27. The smallest absolute Gasteiger partial charge is 0.244 e. The summed E-state index contributed by atoms with van der Waals surface area (Å²) >= 11 is 0. The van der Waals surface area contributed by atoms with Gasteiger partial charge in [-0.3, -0.25) is 4.79 Å². The van der Waals surface area contributed by atoms with E-state index in [1.54, 1.807) is 19.9 Å². The van der Waals surface area contributed by atoms with Crippen LogP contribution in [0, 0.1) is 13.8 Å². The predicted octanol–water partition coefficient (Wildman–Crippen LogP) is 3.07. The Bertz CT molecular complexity index is 901. The fraction of sp³-hybridized carbons (Fsp3) is 0.263. The van der Waals surface area contributed by atoms with Crippen molar-refractivity contribution in [2.24, 2.45) is 0 Å². The molecule has 2 aromatic heterocycles. The van der Waals surface area contributed by atoms with Gasteiger partial charge in [-0.05, 0) is 39.0 Å². The summed E-state index contributed by atoms with van der Waals surface area (Å²) in [5.41, 5.74) is 0.837. The summed E-state index contributed by atoms with van der Waals surface area (Å²) < 4.78 is 10.9. The number of aryl methyl sites for hydroxylation is 2. The molecule has 0 fully saturated rings. The van der Waals surface area contributed by atoms with Gasteiger partial charge in [-0.25, -0.2) is 4.98 Å². The molecular formula is C19H20N2O4. The number of amides is 1. The second kappa shape index (κ2) is 6.57. The summed E-state index contributed by atoms with van der Waals surface area (Å²) in [5.74, 6) is 1.36. The minimum Gasteiger partial charge on any atom is -0.466 e. The number of oxazole rings is 1. The number of carbonyl (C=O) groups is 1. The van der Waals surface area contributed by atoms with Crippen molar-refractivity contribution in [2.75, 3.05) is 6.54 Å². The van der Waals surface area contributed by atoms with Crippen LogP contribution in [0.3, 0.4) is 0 Å². The number of rotatable bonds is 5. The first-order valence-electron chi connectivity index (χ1n) is 7.96. The highest BCUT2D eigenvalue weighted by molar-refractivity contribution is 5.91. The van der Waals surface area contributed by atoms with Crippen molar-refractivity contribution in [3.05, 3.63) is 59.4 Å². The zero-order valence-corrected chi connectivity index (χ0v) is 14.4. The SMILES string of the molecule is Cc1cc(C(C)(O)CNC(=O)/C=C/c2nc3ccccc3o2)c(C)o1. The van der Waals surface area contributed by atoms with Gasteiger partial charge in [0.05, 0.1) is 6.54 Å². The third-order valence-electron chi connectivity index (χ3n) is 3.92. The van der Waals surface area contributed by atoms with E-state index >= 15 is 0 Å². The number of furan rings is 1. The lowest BCUT2D eigenvalue weighted by Crippen LogP contribution is -2.38. The van der Waals surface area contributed by atoms with Crippen LogP contribution < -0.4 is 5.32 Å². The Morgan fingerprint density at radius 2 is 2.08 bits per heavy atom. The van der Waals surface area contributed by atoms with E-state index in [0.717, 1.165) is 11.3 Å². The Labute approximate surface area is 145 Å². The first-order chi connectivity index (χ1) is 11.8. The lowest BCUT2D eigenvalue weighted by Gasteiger charge is -2.22. The number of fused-ring (bicyclic) bond motifs is 1. The number of aliphatic hydroxyl groups is 1. The van der Waals surface area contributed by atoms with E-state index in [1.807, 2.05) is 31.2 Å². The van der Waals surface area contributed by atoms with Crippen LogP contribution in [0.5, 0.6) is 0 Å². The Balaban J connectivity index is 1.63. The van der Waals surface area contributed by atoms with Crippen LogP contribution in [0.1, 0.15) is 29.9 Å². The first kappa shape index (κ1) is 17.0. The lowest BCUT2D eigenvalue weighted by atomic mass is 9.96. The number of carbonyl (C=O) groups excluding carboxylic acids is 1. The highest BCUT2D eigenvalue weighted by atomic mass is 16.3. The molecule has 6 heteroatoms. The van der Waals surface area contributed by atoms with Gasteiger partial charge in [0.1, 0.15) is 22.6 Å². The maximum absolute atomic E-state index is 12.0. The maximum Gasteiger partial charge on any atom is 0.244 e. The van der Waals surface area contributed by atoms with Crippen molar-refractivity contribution < 1.29 is 18.7 Å². The van der Waals surface area contributed by atoms with Gasteiger partial charge < -0.3 is 19.3 Å². The summed E-state index contributed by atoms with van der Waals surface area (Å²) in [5, 5.41) is 13.3. The van der Waals surface area contributed by atoms with E-state index in [2.05, 4.69) is 10.3 Å². The van der Waals surface area contributed by atoms with E-state index in [9.17, 15) is 9.90 Å². The van der Waals surface area contributed by atoms with Crippen LogP contribution in [-0.2, 0) is 10.4 Å². The first-order valence-corrected chi connectivity index (χ1v) is 7.96. The maximum atomic E-state index is 12.0. The van der Waals surface area contributed by atoms with Gasteiger partial charge in [0, 0.05) is 17.7 Å². The topological polar surface area (TPSA) is 88.5 Å². The monoisotopic (exact) mass is 340 g/mol. The Kier molecular flexibility index (Phi) is 4.46. The Morgan fingerprint density at radius 1 is 1.32 bits per heavy atom. The molecule has 0 saturated heterocycles. The van der Waals surface area contributed by atoms with Gasteiger partial charge in [0.2, 0.25) is 11.8 Å². The molecule has 6 nitrogen and oxygen atoms in total. The van der Waals surface area contributed by atoms with Crippen molar-refractivity contribution in [2.45, 2.75) is 26.4 Å². The quantitative estimate of drug-likeness (QED) is 0.697. The second-order valence-corrected chi connectivity index (χ2v) is 6.17. The fourth-order valence-electron chi connectivity index (χ4n) is 2.69. The summed E-state index contributed by atoms with van der Waals surface area (Å²) in [6, 6.07) is 9.15. The van der Waals surface area contributed by atoms with Crippen LogP contribution >= 0.6 is 0 Å². The molecule has 0 radical (unpaired) electrons. The van der Waals surface area contributed by atoms with Crippen LogP contribution in [0.15, 0.2) is 45.2 Å². The molecule has 1 unspecified atom stereocenters. The van der Waals surface area contributed by atoms with E-state index in [0.29, 0.717) is 22.8 Å². The molecule has 1 aromatic carbocycles. The number of hydrogen-bond donors (Lipinski definition) is 2. The summed E-state index contributed by atoms with van der Waals surface area (Å²) in [6.45, 7) is 5.29. The Morgan fingerprint density at radius 3 is 2.76 bits per heavy atom. The highest BCUT2D eigenvalue weighted by Crippen LogP contribution is 2.26. The zero-order chi connectivity index (χ0) is 18.0. The lowest BCUT2D eigenvalue weighted by molar-refractivity contribution is -0.117. The minimum absolute atomic E-state index is 0.0591. The molecule has 3 rings (SSSR count). The molecule has 0 aliphatic carbocycles. The third kappa shape index (κ3) is 3.80. The van der Waals surface area contributed by atoms with Gasteiger partial charge in [0.25, 0.3) is 0 Å². The molecule has 2 N–H and O–H groups in total. The minimum atomic E-state index is -1.22. The van der Waals surface area contributed by atoms with E-state index in [4.69, 9.17) is 8.83 Å². The van der Waals surface area contributed by atoms with Crippen molar-refractivity contribution in [1.82, 2.24) is 10.3 Å². The fourth-order valence-corrected chi connectivity index (χ4v) is 2.69. The molecular weight excluding hydrogens is 320 g/mol. The molecule has 1 amide bonds. The van der Waals surface area contributed by atoms with Gasteiger partial charge in [-0.2, -0.15) is 0 Å². The number of aromatic nitrogens is 1. The van der Waals surface area contributed by atoms with Gasteiger partial charge in [-0.1, -0.05) is 12.1 Å². The summed E-state index contributed by atoms with van der Waals surface area (Å²) in [7, 11) is 0. The molecule has 2 heterocycles. The molecule has 0 bridgehead atoms. The van der Waals surface area contributed by atoms with Crippen molar-refractivity contribution in [3.63, 3.8) is 0 Å². The number of hydrogen-bond acceptors (Lipinski definition) is 5. The van der Waals surface area contributed by atoms with Crippen molar-refractivity contribution in [1.29, 1.82) is 0 Å². The van der Waals surface area contributed by atoms with Gasteiger partial charge >= 0.3 is 0 Å². The molecule has 0 spiro atoms. The average Bonchev–Trinajstić information content (AvgIpc) is 3.13. The van der Waals surface area contributed by atoms with Crippen LogP contribution in [0.4, 0.5) is 0 Å². The molecule has 130 valence electrons. The predicted molar refractivity (Wildman–Crippen MR) is 93.8 cm³/mol. The normalized spacial score (nSPS) is 14.1. The molecule has 25 heavy (non-hydrogen) atoms. The molecule has 3 aromatic rings. The van der Waals surface area contributed by atoms with Crippen LogP contribution in [-0.4, -0.2) is 22.5 Å². The number of nitrogens with one attached hydrogen (secondary N) is 1. The van der Waals surface area contributed by atoms with Crippen LogP contribution in [0.25, 0.3) is 17.2 Å². The van der Waals surface area contributed by atoms with Crippen LogP contribution in [0.2, 0.25) is 0 Å². The zero-order valence-electron chi connectivity index (χ0n) is 14.4. The molecule has 0 aliphatic rings. The van der Waals surface area contributed by atoms with Crippen molar-refractivity contribution in [3.8, 4) is 0 Å². The standard InChI is InChI=1S/C19H20N2O4/c1-12-10-14(13(2)24-12)19(3,23)11-20-17(22)8-9-18-21-15-6-4-5-7-16(15)25-18/h4-10,23H,11H2,1-3H3,(H,20,22)/b9-8+. The van der Waals surface area contributed by atoms with Crippen molar-refractivity contribution >= 4 is 23.1 Å². The number of para-hydroxylation sites is 2.